The van der Waals surface area contributed by atoms with Crippen LogP contribution in [-0.4, -0.2) is 39.5 Å². The van der Waals surface area contributed by atoms with Gasteiger partial charge in [0.15, 0.2) is 0 Å². The minimum atomic E-state index is -0.197. The molecule has 0 saturated heterocycles. The van der Waals surface area contributed by atoms with Gasteiger partial charge in [0.1, 0.15) is 17.4 Å². The number of carbonyl (C=O) groups is 1. The molecule has 5 rings (SSSR count). The Labute approximate surface area is 202 Å². The minimum Gasteiger partial charge on any atom is -0.497 e. The Hall–Kier alpha value is -4.53. The van der Waals surface area contributed by atoms with Crippen molar-refractivity contribution in [3.8, 4) is 5.75 Å². The highest BCUT2D eigenvalue weighted by molar-refractivity contribution is 5.89. The van der Waals surface area contributed by atoms with Gasteiger partial charge >= 0.3 is 0 Å². The van der Waals surface area contributed by atoms with E-state index in [1.54, 1.807) is 13.2 Å². The van der Waals surface area contributed by atoms with Gasteiger partial charge in [-0.05, 0) is 61.4 Å². The molecule has 0 saturated carbocycles. The average Bonchev–Trinajstić information content (AvgIpc) is 3.40. The largest absolute Gasteiger partial charge is 0.497 e. The lowest BCUT2D eigenvalue weighted by Crippen LogP contribution is -2.13. The number of hydrogen-bond donors (Lipinski definition) is 5. The predicted octanol–water partition coefficient (Wildman–Crippen LogP) is 5.11. The van der Waals surface area contributed by atoms with Crippen molar-refractivity contribution in [1.82, 2.24) is 19.9 Å². The van der Waals surface area contributed by atoms with E-state index in [1.807, 2.05) is 43.5 Å². The van der Waals surface area contributed by atoms with E-state index in [4.69, 9.17) is 4.74 Å². The van der Waals surface area contributed by atoms with Gasteiger partial charge in [0.2, 0.25) is 11.9 Å². The molecule has 2 aromatic carbocycles. The van der Waals surface area contributed by atoms with Gasteiger partial charge in [0.25, 0.3) is 0 Å². The summed E-state index contributed by atoms with van der Waals surface area (Å²) in [6.07, 6.45) is 2.76. The number of aromatic amines is 2. The number of fused-ring (bicyclic) bond motifs is 2. The maximum Gasteiger partial charge on any atom is 0.226 e. The number of nitrogens with zero attached hydrogens (tertiary/aromatic N) is 2. The molecule has 0 spiro atoms. The Balaban J connectivity index is 1.34. The molecule has 0 aliphatic rings. The molecule has 3 heterocycles. The van der Waals surface area contributed by atoms with E-state index >= 15 is 0 Å². The SMILES string of the molecule is COc1ccc2[nH]cc(CCNc3nc(NC(C)=O)cc(Nc4ccc5[nH]c(C)cc5c4)n3)c2c1. The number of hydrogen-bond acceptors (Lipinski definition) is 6. The first kappa shape index (κ1) is 22.3. The fraction of sp³-hybridized carbons (Fsp3) is 0.192. The van der Waals surface area contributed by atoms with Gasteiger partial charge in [0.05, 0.1) is 7.11 Å². The molecule has 0 bridgehead atoms. The average molecular weight is 470 g/mol. The molecule has 35 heavy (non-hydrogen) atoms. The number of methoxy groups -OCH3 is 1. The van der Waals surface area contributed by atoms with Crippen LogP contribution < -0.4 is 20.7 Å². The topological polar surface area (TPSA) is 120 Å². The van der Waals surface area contributed by atoms with E-state index in [9.17, 15) is 4.79 Å². The molecule has 9 nitrogen and oxygen atoms in total. The summed E-state index contributed by atoms with van der Waals surface area (Å²) < 4.78 is 5.36. The number of anilines is 4. The first-order valence-electron chi connectivity index (χ1n) is 11.4. The molecule has 0 aliphatic heterocycles. The molecule has 0 atom stereocenters. The smallest absolute Gasteiger partial charge is 0.226 e. The summed E-state index contributed by atoms with van der Waals surface area (Å²) in [5.74, 6) is 2.05. The summed E-state index contributed by atoms with van der Waals surface area (Å²) >= 11 is 0. The zero-order valence-electron chi connectivity index (χ0n) is 19.8. The predicted molar refractivity (Wildman–Crippen MR) is 140 cm³/mol. The molecule has 5 aromatic rings. The highest BCUT2D eigenvalue weighted by atomic mass is 16.5. The second-order valence-electron chi connectivity index (χ2n) is 8.42. The number of aryl methyl sites for hydroxylation is 1. The molecule has 178 valence electrons. The van der Waals surface area contributed by atoms with E-state index in [2.05, 4.69) is 48.0 Å². The number of benzene rings is 2. The van der Waals surface area contributed by atoms with E-state index < -0.39 is 0 Å². The lowest BCUT2D eigenvalue weighted by Gasteiger charge is -2.12. The summed E-state index contributed by atoms with van der Waals surface area (Å²) in [6.45, 7) is 4.10. The lowest BCUT2D eigenvalue weighted by molar-refractivity contribution is -0.114. The number of rotatable bonds is 8. The third-order valence-corrected chi connectivity index (χ3v) is 5.71. The molecule has 0 radical (unpaired) electrons. The van der Waals surface area contributed by atoms with Gasteiger partial charge in [-0.1, -0.05) is 0 Å². The van der Waals surface area contributed by atoms with Crippen LogP contribution in [0.25, 0.3) is 21.8 Å². The van der Waals surface area contributed by atoms with Crippen molar-refractivity contribution < 1.29 is 9.53 Å². The monoisotopic (exact) mass is 469 g/mol. The van der Waals surface area contributed by atoms with Gasteiger partial charge in [-0.25, -0.2) is 0 Å². The summed E-state index contributed by atoms with van der Waals surface area (Å²) in [5, 5.41) is 11.6. The Morgan fingerprint density at radius 1 is 1.03 bits per heavy atom. The van der Waals surface area contributed by atoms with Crippen molar-refractivity contribution in [1.29, 1.82) is 0 Å². The maximum absolute atomic E-state index is 11.7. The third kappa shape index (κ3) is 5.03. The summed E-state index contributed by atoms with van der Waals surface area (Å²) in [7, 11) is 1.66. The van der Waals surface area contributed by atoms with Crippen LogP contribution in [0.5, 0.6) is 5.75 Å². The van der Waals surface area contributed by atoms with Crippen LogP contribution in [0.4, 0.5) is 23.3 Å². The number of amides is 1. The maximum atomic E-state index is 11.7. The summed E-state index contributed by atoms with van der Waals surface area (Å²) in [5.41, 5.74) is 5.30. The molecule has 0 fully saturated rings. The van der Waals surface area contributed by atoms with Gasteiger partial charge in [-0.2, -0.15) is 9.97 Å². The zero-order valence-corrected chi connectivity index (χ0v) is 19.8. The van der Waals surface area contributed by atoms with Crippen molar-refractivity contribution in [2.75, 3.05) is 29.6 Å². The molecule has 0 unspecified atom stereocenters. The fourth-order valence-corrected chi connectivity index (χ4v) is 4.14. The first-order chi connectivity index (χ1) is 17.0. The van der Waals surface area contributed by atoms with Crippen molar-refractivity contribution in [3.63, 3.8) is 0 Å². The van der Waals surface area contributed by atoms with Crippen molar-refractivity contribution >= 4 is 51.0 Å². The molecular weight excluding hydrogens is 442 g/mol. The van der Waals surface area contributed by atoms with E-state index in [0.29, 0.717) is 24.1 Å². The number of H-pyrrole nitrogens is 2. The highest BCUT2D eigenvalue weighted by Crippen LogP contribution is 2.25. The Morgan fingerprint density at radius 2 is 1.86 bits per heavy atom. The minimum absolute atomic E-state index is 0.197. The van der Waals surface area contributed by atoms with Crippen LogP contribution in [0.3, 0.4) is 0 Å². The van der Waals surface area contributed by atoms with Crippen LogP contribution in [0.15, 0.2) is 54.7 Å². The van der Waals surface area contributed by atoms with Gasteiger partial charge in [-0.3, -0.25) is 4.79 Å². The molecule has 1 amide bonds. The lowest BCUT2D eigenvalue weighted by atomic mass is 10.1. The normalized spacial score (nSPS) is 11.1. The van der Waals surface area contributed by atoms with Crippen LogP contribution in [0, 0.1) is 6.92 Å². The van der Waals surface area contributed by atoms with Gasteiger partial charge < -0.3 is 30.7 Å². The number of carbonyl (C=O) groups excluding carboxylic acids is 1. The van der Waals surface area contributed by atoms with Crippen LogP contribution in [0.1, 0.15) is 18.2 Å². The first-order valence-corrected chi connectivity index (χ1v) is 11.4. The summed E-state index contributed by atoms with van der Waals surface area (Å²) in [4.78, 5) is 27.3. The Morgan fingerprint density at radius 3 is 2.69 bits per heavy atom. The molecule has 9 heteroatoms. The van der Waals surface area contributed by atoms with Crippen LogP contribution >= 0.6 is 0 Å². The third-order valence-electron chi connectivity index (χ3n) is 5.71. The van der Waals surface area contributed by atoms with Crippen LogP contribution in [0.2, 0.25) is 0 Å². The molecular formula is C26H27N7O2. The van der Waals surface area contributed by atoms with Gasteiger partial charge in [-0.15, -0.1) is 0 Å². The Kier molecular flexibility index (Phi) is 5.97. The standard InChI is InChI=1S/C26H27N7O2/c1-15-10-18-11-19(4-6-22(18)29-15)31-25-13-24(30-16(2)34)32-26(33-25)27-9-8-17-14-28-23-7-5-20(35-3)12-21(17)23/h4-7,10-14,28-29H,8-9H2,1-3H3,(H3,27,30,31,32,33,34). The van der Waals surface area contributed by atoms with E-state index in [0.717, 1.165) is 50.9 Å². The molecule has 0 aliphatic carbocycles. The van der Waals surface area contributed by atoms with Crippen molar-refractivity contribution in [2.24, 2.45) is 0 Å². The summed E-state index contributed by atoms with van der Waals surface area (Å²) in [6, 6.07) is 15.8. The van der Waals surface area contributed by atoms with Crippen molar-refractivity contribution in [2.45, 2.75) is 20.3 Å². The molecule has 5 N–H and O–H groups in total. The highest BCUT2D eigenvalue weighted by Gasteiger charge is 2.09. The Bertz CT molecular complexity index is 1520. The van der Waals surface area contributed by atoms with Gasteiger partial charge in [0, 0.05) is 58.9 Å². The number of aromatic nitrogens is 4. The zero-order chi connectivity index (χ0) is 24.4. The van der Waals surface area contributed by atoms with E-state index in [-0.39, 0.29) is 5.91 Å². The number of nitrogens with one attached hydrogen (secondary N) is 5. The second-order valence-corrected chi connectivity index (χ2v) is 8.42. The second kappa shape index (κ2) is 9.38. The van der Waals surface area contributed by atoms with Crippen molar-refractivity contribution in [3.05, 3.63) is 66.0 Å². The van der Waals surface area contributed by atoms with Crippen LogP contribution in [-0.2, 0) is 11.2 Å². The fourth-order valence-electron chi connectivity index (χ4n) is 4.14. The van der Waals surface area contributed by atoms with E-state index in [1.165, 1.54) is 6.92 Å². The molecule has 3 aromatic heterocycles. The number of ether oxygens (including phenoxy) is 1. The quantitative estimate of drug-likeness (QED) is 0.215.